The topological polar surface area (TPSA) is 46.9 Å². The van der Waals surface area contributed by atoms with E-state index >= 15 is 0 Å². The third-order valence-corrected chi connectivity index (χ3v) is 5.02. The van der Waals surface area contributed by atoms with Gasteiger partial charge in [0.25, 0.3) is 5.91 Å². The van der Waals surface area contributed by atoms with Crippen LogP contribution in [0, 0.1) is 0 Å². The summed E-state index contributed by atoms with van der Waals surface area (Å²) in [4.78, 5) is 12.3. The molecule has 0 fully saturated rings. The van der Waals surface area contributed by atoms with Crippen LogP contribution in [0.15, 0.2) is 83.7 Å². The fourth-order valence-corrected chi connectivity index (χ4v) is 3.53. The summed E-state index contributed by atoms with van der Waals surface area (Å²) in [6.45, 7) is 1.17. The lowest BCUT2D eigenvalue weighted by Crippen LogP contribution is -2.27. The summed E-state index contributed by atoms with van der Waals surface area (Å²) in [5.41, 5.74) is 4.99. The number of nitrogens with one attached hydrogen (secondary N) is 1. The Labute approximate surface area is 162 Å². The van der Waals surface area contributed by atoms with Crippen LogP contribution in [0.25, 0.3) is 22.4 Å². The minimum Gasteiger partial charge on any atom is -0.350 e. The maximum atomic E-state index is 12.3. The van der Waals surface area contributed by atoms with Gasteiger partial charge in [-0.3, -0.25) is 9.48 Å². The Morgan fingerprint density at radius 2 is 1.70 bits per heavy atom. The van der Waals surface area contributed by atoms with Crippen LogP contribution in [0.5, 0.6) is 0 Å². The molecule has 4 rings (SSSR count). The van der Waals surface area contributed by atoms with Gasteiger partial charge >= 0.3 is 0 Å². The lowest BCUT2D eigenvalue weighted by atomic mass is 10.0. The SMILES string of the molecule is O=C(NCCn1ccc(-c2ccsc2)n1)c1ccc(-c2ccccc2)cc1. The lowest BCUT2D eigenvalue weighted by molar-refractivity contribution is 0.0952. The van der Waals surface area contributed by atoms with E-state index in [1.54, 1.807) is 11.3 Å². The average molecular weight is 373 g/mol. The van der Waals surface area contributed by atoms with E-state index in [2.05, 4.69) is 34.0 Å². The Morgan fingerprint density at radius 1 is 0.926 bits per heavy atom. The summed E-state index contributed by atoms with van der Waals surface area (Å²) < 4.78 is 1.85. The zero-order chi connectivity index (χ0) is 18.5. The van der Waals surface area contributed by atoms with E-state index in [0.29, 0.717) is 18.7 Å². The highest BCUT2D eigenvalue weighted by atomic mass is 32.1. The molecule has 0 aliphatic heterocycles. The first-order chi connectivity index (χ1) is 13.3. The van der Waals surface area contributed by atoms with Gasteiger partial charge in [-0.1, -0.05) is 42.5 Å². The fraction of sp³-hybridized carbons (Fsp3) is 0.0909. The molecule has 134 valence electrons. The smallest absolute Gasteiger partial charge is 0.251 e. The van der Waals surface area contributed by atoms with E-state index in [1.165, 1.54) is 0 Å². The first-order valence-corrected chi connectivity index (χ1v) is 9.73. The van der Waals surface area contributed by atoms with E-state index < -0.39 is 0 Å². The normalized spacial score (nSPS) is 10.7. The highest BCUT2D eigenvalue weighted by molar-refractivity contribution is 7.08. The Bertz CT molecular complexity index is 1010. The van der Waals surface area contributed by atoms with E-state index in [-0.39, 0.29) is 5.91 Å². The second-order valence-corrected chi connectivity index (χ2v) is 6.96. The maximum Gasteiger partial charge on any atom is 0.251 e. The zero-order valence-corrected chi connectivity index (χ0v) is 15.5. The van der Waals surface area contributed by atoms with Crippen molar-refractivity contribution in [2.24, 2.45) is 0 Å². The van der Waals surface area contributed by atoms with Crippen LogP contribution in [0.3, 0.4) is 0 Å². The monoisotopic (exact) mass is 373 g/mol. The molecule has 27 heavy (non-hydrogen) atoms. The molecule has 0 spiro atoms. The second kappa shape index (κ2) is 8.01. The molecule has 5 heteroatoms. The molecule has 0 saturated carbocycles. The average Bonchev–Trinajstić information content (AvgIpc) is 3.40. The Balaban J connectivity index is 1.32. The van der Waals surface area contributed by atoms with Crippen molar-refractivity contribution in [3.63, 3.8) is 0 Å². The largest absolute Gasteiger partial charge is 0.350 e. The predicted molar refractivity (Wildman–Crippen MR) is 110 cm³/mol. The molecule has 0 atom stereocenters. The Morgan fingerprint density at radius 3 is 2.44 bits per heavy atom. The van der Waals surface area contributed by atoms with Gasteiger partial charge in [0.2, 0.25) is 0 Å². The quantitative estimate of drug-likeness (QED) is 0.532. The van der Waals surface area contributed by atoms with E-state index in [0.717, 1.165) is 22.4 Å². The van der Waals surface area contributed by atoms with Crippen molar-refractivity contribution in [1.29, 1.82) is 0 Å². The molecule has 0 unspecified atom stereocenters. The van der Waals surface area contributed by atoms with E-state index in [1.807, 2.05) is 64.8 Å². The van der Waals surface area contributed by atoms with E-state index in [4.69, 9.17) is 0 Å². The zero-order valence-electron chi connectivity index (χ0n) is 14.7. The molecule has 4 nitrogen and oxygen atoms in total. The van der Waals surface area contributed by atoms with Crippen LogP contribution in [-0.4, -0.2) is 22.2 Å². The molecule has 1 amide bonds. The van der Waals surface area contributed by atoms with Crippen LogP contribution in [0.4, 0.5) is 0 Å². The van der Waals surface area contributed by atoms with Crippen molar-refractivity contribution in [1.82, 2.24) is 15.1 Å². The maximum absolute atomic E-state index is 12.3. The predicted octanol–water partition coefficient (Wildman–Crippen LogP) is 4.71. The first-order valence-electron chi connectivity index (χ1n) is 8.79. The number of benzene rings is 2. The molecule has 2 aromatic carbocycles. The summed E-state index contributed by atoms with van der Waals surface area (Å²) in [6.07, 6.45) is 1.94. The van der Waals surface area contributed by atoms with Crippen LogP contribution in [0.2, 0.25) is 0 Å². The fourth-order valence-electron chi connectivity index (χ4n) is 2.88. The number of thiophene rings is 1. The molecule has 1 N–H and O–H groups in total. The minimum atomic E-state index is -0.0696. The molecule has 4 aromatic rings. The number of rotatable bonds is 6. The molecular weight excluding hydrogens is 354 g/mol. The van der Waals surface area contributed by atoms with Crippen LogP contribution >= 0.6 is 11.3 Å². The van der Waals surface area contributed by atoms with Crippen LogP contribution in [-0.2, 0) is 6.54 Å². The standard InChI is InChI=1S/C22H19N3OS/c26-22(19-8-6-18(7-9-19)17-4-2-1-3-5-17)23-12-14-25-13-10-21(24-25)20-11-15-27-16-20/h1-11,13,15-16H,12,14H2,(H,23,26). The number of nitrogens with zero attached hydrogens (tertiary/aromatic N) is 2. The summed E-state index contributed by atoms with van der Waals surface area (Å²) in [7, 11) is 0. The van der Waals surface area contributed by atoms with Gasteiger partial charge in [-0.05, 0) is 40.8 Å². The number of amides is 1. The molecule has 2 aromatic heterocycles. The molecule has 0 saturated heterocycles. The summed E-state index contributed by atoms with van der Waals surface area (Å²) >= 11 is 1.66. The van der Waals surface area contributed by atoms with Gasteiger partial charge in [0.05, 0.1) is 12.2 Å². The lowest BCUT2D eigenvalue weighted by Gasteiger charge is -2.07. The van der Waals surface area contributed by atoms with Crippen LogP contribution < -0.4 is 5.32 Å². The van der Waals surface area contributed by atoms with Gasteiger partial charge in [0, 0.05) is 29.2 Å². The second-order valence-electron chi connectivity index (χ2n) is 6.18. The molecule has 2 heterocycles. The molecule has 0 aliphatic rings. The van der Waals surface area contributed by atoms with Crippen molar-refractivity contribution in [2.45, 2.75) is 6.54 Å². The summed E-state index contributed by atoms with van der Waals surface area (Å²) in [6, 6.07) is 21.9. The highest BCUT2D eigenvalue weighted by Gasteiger charge is 2.07. The van der Waals surface area contributed by atoms with Crippen molar-refractivity contribution >= 4 is 17.2 Å². The molecular formula is C22H19N3OS. The van der Waals surface area contributed by atoms with Gasteiger partial charge in [0.1, 0.15) is 0 Å². The van der Waals surface area contributed by atoms with Gasteiger partial charge in [-0.2, -0.15) is 16.4 Å². The third kappa shape index (κ3) is 4.15. The number of hydrogen-bond donors (Lipinski definition) is 1. The number of hydrogen-bond acceptors (Lipinski definition) is 3. The molecule has 0 aliphatic carbocycles. The summed E-state index contributed by atoms with van der Waals surface area (Å²) in [5, 5.41) is 11.6. The van der Waals surface area contributed by atoms with Gasteiger partial charge in [-0.25, -0.2) is 0 Å². The van der Waals surface area contributed by atoms with Crippen molar-refractivity contribution < 1.29 is 4.79 Å². The molecule has 0 radical (unpaired) electrons. The number of aromatic nitrogens is 2. The van der Waals surface area contributed by atoms with E-state index in [9.17, 15) is 4.79 Å². The first kappa shape index (κ1) is 17.2. The molecule has 0 bridgehead atoms. The van der Waals surface area contributed by atoms with Gasteiger partial charge in [0.15, 0.2) is 0 Å². The van der Waals surface area contributed by atoms with Gasteiger partial charge < -0.3 is 5.32 Å². The summed E-state index contributed by atoms with van der Waals surface area (Å²) in [5.74, 6) is -0.0696. The minimum absolute atomic E-state index is 0.0696. The Hall–Kier alpha value is -3.18. The van der Waals surface area contributed by atoms with Crippen molar-refractivity contribution in [3.8, 4) is 22.4 Å². The van der Waals surface area contributed by atoms with Crippen LogP contribution in [0.1, 0.15) is 10.4 Å². The Kier molecular flexibility index (Phi) is 5.12. The number of carbonyl (C=O) groups is 1. The van der Waals surface area contributed by atoms with Crippen molar-refractivity contribution in [3.05, 3.63) is 89.3 Å². The van der Waals surface area contributed by atoms with Crippen molar-refractivity contribution in [2.75, 3.05) is 6.54 Å². The highest BCUT2D eigenvalue weighted by Crippen LogP contribution is 2.20. The number of carbonyl (C=O) groups excluding carboxylic acids is 1. The van der Waals surface area contributed by atoms with Gasteiger partial charge in [-0.15, -0.1) is 0 Å². The third-order valence-electron chi connectivity index (χ3n) is 4.34.